The Hall–Kier alpha value is -2.04. The molecule has 1 aromatic carbocycles. The van der Waals surface area contributed by atoms with Crippen molar-refractivity contribution in [2.45, 2.75) is 46.1 Å². The summed E-state index contributed by atoms with van der Waals surface area (Å²) in [6.07, 6.45) is 2.25. The normalized spacial score (nSPS) is 12.0. The molecule has 0 aliphatic carbocycles. The van der Waals surface area contributed by atoms with E-state index in [1.807, 2.05) is 38.1 Å². The third-order valence-corrected chi connectivity index (χ3v) is 3.10. The molecule has 0 heterocycles. The number of aliphatic carboxylic acids is 1. The van der Waals surface area contributed by atoms with Gasteiger partial charge < -0.3 is 15.7 Å². The fourth-order valence-corrected chi connectivity index (χ4v) is 2.14. The minimum atomic E-state index is -1.01. The zero-order chi connectivity index (χ0) is 15.8. The Kier molecular flexibility index (Phi) is 6.72. The first kappa shape index (κ1) is 17.0. The predicted molar refractivity (Wildman–Crippen MR) is 83.5 cm³/mol. The smallest absolute Gasteiger partial charge is 0.326 e. The van der Waals surface area contributed by atoms with Crippen LogP contribution in [-0.4, -0.2) is 23.1 Å². The Balaban J connectivity index is 2.70. The van der Waals surface area contributed by atoms with Crippen LogP contribution < -0.4 is 10.6 Å². The monoisotopic (exact) mass is 292 g/mol. The maximum atomic E-state index is 12.0. The van der Waals surface area contributed by atoms with Crippen LogP contribution in [-0.2, 0) is 11.2 Å². The molecule has 0 aliphatic rings. The minimum absolute atomic E-state index is 0.193. The molecule has 0 radical (unpaired) electrons. The van der Waals surface area contributed by atoms with Gasteiger partial charge in [0.2, 0.25) is 0 Å². The molecule has 116 valence electrons. The highest BCUT2D eigenvalue weighted by atomic mass is 16.4. The number of benzene rings is 1. The highest BCUT2D eigenvalue weighted by Gasteiger charge is 2.21. The molecular formula is C16H24N2O3. The molecule has 0 fully saturated rings. The van der Waals surface area contributed by atoms with E-state index >= 15 is 0 Å². The summed E-state index contributed by atoms with van der Waals surface area (Å²) in [6, 6.07) is 6.20. The molecule has 3 N–H and O–H groups in total. The van der Waals surface area contributed by atoms with Crippen molar-refractivity contribution in [3.8, 4) is 0 Å². The molecule has 1 atom stereocenters. The van der Waals surface area contributed by atoms with E-state index < -0.39 is 18.0 Å². The fourth-order valence-electron chi connectivity index (χ4n) is 2.14. The molecular weight excluding hydrogens is 268 g/mol. The fraction of sp³-hybridized carbons (Fsp3) is 0.500. The molecule has 0 bridgehead atoms. The van der Waals surface area contributed by atoms with Crippen molar-refractivity contribution in [2.24, 2.45) is 5.92 Å². The zero-order valence-electron chi connectivity index (χ0n) is 12.8. The van der Waals surface area contributed by atoms with E-state index in [1.165, 1.54) is 0 Å². The Bertz CT molecular complexity index is 486. The second-order valence-electron chi connectivity index (χ2n) is 5.53. The number of aryl methyl sites for hydroxylation is 1. The standard InChI is InChI=1S/C16H24N2O3/c1-4-7-12-8-5-6-9-13(12)17-16(21)18-14(15(19)20)10-11(2)3/h5-6,8-9,11,14H,4,7,10H2,1-3H3,(H,19,20)(H2,17,18,21)/t14-/m1/s1. The second-order valence-corrected chi connectivity index (χ2v) is 5.53. The van der Waals surface area contributed by atoms with Gasteiger partial charge >= 0.3 is 12.0 Å². The number of nitrogens with one attached hydrogen (secondary N) is 2. The van der Waals surface area contributed by atoms with Gasteiger partial charge in [-0.15, -0.1) is 0 Å². The summed E-state index contributed by atoms with van der Waals surface area (Å²) in [5.41, 5.74) is 1.77. The van der Waals surface area contributed by atoms with Gasteiger partial charge in [-0.3, -0.25) is 0 Å². The van der Waals surface area contributed by atoms with Crippen molar-refractivity contribution >= 4 is 17.7 Å². The first-order valence-electron chi connectivity index (χ1n) is 7.32. The van der Waals surface area contributed by atoms with Crippen LogP contribution in [0.4, 0.5) is 10.5 Å². The predicted octanol–water partition coefficient (Wildman–Crippen LogP) is 3.26. The Morgan fingerprint density at radius 3 is 2.48 bits per heavy atom. The summed E-state index contributed by atoms with van der Waals surface area (Å²) >= 11 is 0. The molecule has 1 rings (SSSR count). The maximum Gasteiger partial charge on any atom is 0.326 e. The van der Waals surface area contributed by atoms with Crippen LogP contribution in [0.15, 0.2) is 24.3 Å². The summed E-state index contributed by atoms with van der Waals surface area (Å²) in [6.45, 7) is 5.91. The van der Waals surface area contributed by atoms with E-state index in [4.69, 9.17) is 5.11 Å². The van der Waals surface area contributed by atoms with Crippen LogP contribution in [0.5, 0.6) is 0 Å². The number of amides is 2. The SMILES string of the molecule is CCCc1ccccc1NC(=O)N[C@H](CC(C)C)C(=O)O. The van der Waals surface area contributed by atoms with Crippen molar-refractivity contribution in [1.82, 2.24) is 5.32 Å². The Labute approximate surface area is 125 Å². The summed E-state index contributed by atoms with van der Waals surface area (Å²) in [5.74, 6) is -0.820. The molecule has 21 heavy (non-hydrogen) atoms. The van der Waals surface area contributed by atoms with Crippen LogP contribution in [0.1, 0.15) is 39.2 Å². The molecule has 2 amide bonds. The molecule has 0 saturated heterocycles. The van der Waals surface area contributed by atoms with Crippen molar-refractivity contribution in [2.75, 3.05) is 5.32 Å². The van der Waals surface area contributed by atoms with Gasteiger partial charge in [-0.1, -0.05) is 45.4 Å². The maximum absolute atomic E-state index is 12.0. The molecule has 5 nitrogen and oxygen atoms in total. The van der Waals surface area contributed by atoms with Crippen molar-refractivity contribution < 1.29 is 14.7 Å². The average molecular weight is 292 g/mol. The van der Waals surface area contributed by atoms with Crippen LogP contribution in [0, 0.1) is 5.92 Å². The van der Waals surface area contributed by atoms with Gasteiger partial charge in [-0.05, 0) is 30.4 Å². The molecule has 5 heteroatoms. The number of carbonyl (C=O) groups is 2. The van der Waals surface area contributed by atoms with Gasteiger partial charge in [0.15, 0.2) is 0 Å². The minimum Gasteiger partial charge on any atom is -0.480 e. The van der Waals surface area contributed by atoms with E-state index in [2.05, 4.69) is 17.6 Å². The molecule has 0 aliphatic heterocycles. The lowest BCUT2D eigenvalue weighted by atomic mass is 10.0. The van der Waals surface area contributed by atoms with Crippen LogP contribution in [0.25, 0.3) is 0 Å². The van der Waals surface area contributed by atoms with E-state index in [9.17, 15) is 9.59 Å². The Morgan fingerprint density at radius 1 is 1.24 bits per heavy atom. The highest BCUT2D eigenvalue weighted by Crippen LogP contribution is 2.16. The van der Waals surface area contributed by atoms with Gasteiger partial charge in [-0.2, -0.15) is 0 Å². The molecule has 0 spiro atoms. The highest BCUT2D eigenvalue weighted by molar-refractivity contribution is 5.92. The quantitative estimate of drug-likeness (QED) is 0.721. The second kappa shape index (κ2) is 8.29. The van der Waals surface area contributed by atoms with Crippen molar-refractivity contribution in [3.05, 3.63) is 29.8 Å². The van der Waals surface area contributed by atoms with Crippen LogP contribution in [0.3, 0.4) is 0 Å². The molecule has 0 aromatic heterocycles. The molecule has 0 saturated carbocycles. The van der Waals surface area contributed by atoms with E-state index in [-0.39, 0.29) is 5.92 Å². The van der Waals surface area contributed by atoms with Crippen molar-refractivity contribution in [1.29, 1.82) is 0 Å². The summed E-state index contributed by atoms with van der Waals surface area (Å²) in [4.78, 5) is 23.1. The number of hydrogen-bond donors (Lipinski definition) is 3. The number of carboxylic acids is 1. The van der Waals surface area contributed by atoms with E-state index in [0.29, 0.717) is 6.42 Å². The third-order valence-electron chi connectivity index (χ3n) is 3.10. The number of urea groups is 1. The largest absolute Gasteiger partial charge is 0.480 e. The average Bonchev–Trinajstić information content (AvgIpc) is 2.40. The first-order chi connectivity index (χ1) is 9.93. The Morgan fingerprint density at radius 2 is 1.90 bits per heavy atom. The molecule has 0 unspecified atom stereocenters. The summed E-state index contributed by atoms with van der Waals surface area (Å²) in [7, 11) is 0. The number of anilines is 1. The number of rotatable bonds is 7. The van der Waals surface area contributed by atoms with Crippen molar-refractivity contribution in [3.63, 3.8) is 0 Å². The topological polar surface area (TPSA) is 78.4 Å². The van der Waals surface area contributed by atoms with Gasteiger partial charge in [0.1, 0.15) is 6.04 Å². The number of hydrogen-bond acceptors (Lipinski definition) is 2. The van der Waals surface area contributed by atoms with E-state index in [0.717, 1.165) is 24.1 Å². The first-order valence-corrected chi connectivity index (χ1v) is 7.32. The number of carboxylic acid groups (broad SMARTS) is 1. The number of carbonyl (C=O) groups excluding carboxylic acids is 1. The lowest BCUT2D eigenvalue weighted by molar-refractivity contribution is -0.139. The third kappa shape index (κ3) is 5.85. The van der Waals surface area contributed by atoms with Gasteiger partial charge in [0, 0.05) is 5.69 Å². The summed E-state index contributed by atoms with van der Waals surface area (Å²) in [5, 5.41) is 14.4. The number of para-hydroxylation sites is 1. The van der Waals surface area contributed by atoms with Gasteiger partial charge in [-0.25, -0.2) is 9.59 Å². The lowest BCUT2D eigenvalue weighted by Crippen LogP contribution is -2.43. The van der Waals surface area contributed by atoms with Gasteiger partial charge in [0.25, 0.3) is 0 Å². The van der Waals surface area contributed by atoms with Crippen LogP contribution in [0.2, 0.25) is 0 Å². The van der Waals surface area contributed by atoms with Gasteiger partial charge in [0.05, 0.1) is 0 Å². The van der Waals surface area contributed by atoms with E-state index in [1.54, 1.807) is 0 Å². The van der Waals surface area contributed by atoms with Crippen LogP contribution >= 0.6 is 0 Å². The molecule has 1 aromatic rings. The lowest BCUT2D eigenvalue weighted by Gasteiger charge is -2.18. The summed E-state index contributed by atoms with van der Waals surface area (Å²) < 4.78 is 0. The zero-order valence-corrected chi connectivity index (χ0v) is 12.8.